The molecule has 3 saturated carbocycles. The lowest BCUT2D eigenvalue weighted by atomic mass is 9.34. The van der Waals surface area contributed by atoms with Crippen LogP contribution in [-0.2, 0) is 23.9 Å². The number of allylic oxidation sites excluding steroid dienone is 1. The highest BCUT2D eigenvalue weighted by Crippen LogP contribution is 2.75. The van der Waals surface area contributed by atoms with Crippen molar-refractivity contribution in [1.82, 2.24) is 0 Å². The van der Waals surface area contributed by atoms with E-state index in [1.165, 1.54) is 12.5 Å². The number of hydrogen-bond donors (Lipinski definition) is 1. The Balaban J connectivity index is 1.61. The fourth-order valence-corrected chi connectivity index (χ4v) is 10.5. The van der Waals surface area contributed by atoms with Gasteiger partial charge in [-0.05, 0) is 98.4 Å². The van der Waals surface area contributed by atoms with Crippen LogP contribution in [-0.4, -0.2) is 35.7 Å². The summed E-state index contributed by atoms with van der Waals surface area (Å²) >= 11 is 0. The molecule has 6 nitrogen and oxygen atoms in total. The minimum atomic E-state index is -0.920. The fraction of sp³-hybridized carbons (Fsp3) is 0.844. The molecule has 1 N–H and O–H groups in total. The van der Waals surface area contributed by atoms with Crippen LogP contribution in [0.4, 0.5) is 0 Å². The zero-order valence-corrected chi connectivity index (χ0v) is 24.7. The second-order valence-corrected chi connectivity index (χ2v) is 15.6. The van der Waals surface area contributed by atoms with Gasteiger partial charge in [0.1, 0.15) is 6.10 Å². The number of hydrogen-bond acceptors (Lipinski definition) is 5. The maximum atomic E-state index is 13.2. The summed E-state index contributed by atoms with van der Waals surface area (Å²) in [6, 6.07) is 0. The first kappa shape index (κ1) is 27.7. The molecule has 6 heteroatoms. The van der Waals surface area contributed by atoms with Gasteiger partial charge in [-0.2, -0.15) is 0 Å². The van der Waals surface area contributed by atoms with Crippen molar-refractivity contribution in [1.29, 1.82) is 0 Å². The van der Waals surface area contributed by atoms with Crippen LogP contribution >= 0.6 is 0 Å². The standard InChI is InChI=1S/C32H48O6/c1-19(33)37-18-28(4)11-12-29(5)13-14-31(7)20(21(29)16-28)15-22-25-30(6,17-24(34)38-22)23(9-10-32(25,31)8)27(2,3)26(35)36/h15,21-23,25H,9-14,16-18H2,1-8H3,(H,35,36)/t21-,22+,23-,25+,28+,29+,30-,31+,32+/m0/s1. The molecule has 0 spiro atoms. The van der Waals surface area contributed by atoms with Crippen molar-refractivity contribution in [3.63, 3.8) is 0 Å². The Kier molecular flexibility index (Phi) is 6.07. The number of carboxylic acid groups (broad SMARTS) is 1. The molecular weight excluding hydrogens is 480 g/mol. The molecule has 0 radical (unpaired) electrons. The molecule has 4 fully saturated rings. The zero-order valence-electron chi connectivity index (χ0n) is 24.7. The Hall–Kier alpha value is -1.85. The smallest absolute Gasteiger partial charge is 0.309 e. The minimum Gasteiger partial charge on any atom is -0.481 e. The summed E-state index contributed by atoms with van der Waals surface area (Å²) in [6.45, 7) is 17.3. The summed E-state index contributed by atoms with van der Waals surface area (Å²) in [5.74, 6) is -0.896. The Morgan fingerprint density at radius 1 is 1.08 bits per heavy atom. The van der Waals surface area contributed by atoms with Crippen LogP contribution in [0.1, 0.15) is 107 Å². The van der Waals surface area contributed by atoms with Crippen LogP contribution in [0.2, 0.25) is 0 Å². The number of fused-ring (bicyclic) bond motifs is 4. The third-order valence-corrected chi connectivity index (χ3v) is 13.0. The lowest BCUT2D eigenvalue weighted by molar-refractivity contribution is -0.232. The van der Waals surface area contributed by atoms with E-state index in [1.54, 1.807) is 0 Å². The molecule has 38 heavy (non-hydrogen) atoms. The van der Waals surface area contributed by atoms with Crippen LogP contribution in [0.15, 0.2) is 11.6 Å². The Morgan fingerprint density at radius 2 is 1.74 bits per heavy atom. The molecule has 5 rings (SSSR count). The van der Waals surface area contributed by atoms with Crippen LogP contribution < -0.4 is 0 Å². The Bertz CT molecular complexity index is 1090. The van der Waals surface area contributed by atoms with Gasteiger partial charge in [-0.15, -0.1) is 0 Å². The number of carbonyl (C=O) groups is 3. The fourth-order valence-electron chi connectivity index (χ4n) is 10.5. The lowest BCUT2D eigenvalue weighted by Gasteiger charge is -2.71. The van der Waals surface area contributed by atoms with E-state index in [0.717, 1.165) is 44.9 Å². The minimum absolute atomic E-state index is 0.0542. The summed E-state index contributed by atoms with van der Waals surface area (Å²) in [5, 5.41) is 10.2. The maximum absolute atomic E-state index is 13.2. The second kappa shape index (κ2) is 8.33. The molecule has 5 aliphatic rings. The summed E-state index contributed by atoms with van der Waals surface area (Å²) in [6.07, 6.45) is 9.37. The predicted octanol–water partition coefficient (Wildman–Crippen LogP) is 6.57. The molecule has 0 aromatic heterocycles. The van der Waals surface area contributed by atoms with Crippen LogP contribution in [0.25, 0.3) is 0 Å². The predicted molar refractivity (Wildman–Crippen MR) is 144 cm³/mol. The molecule has 212 valence electrons. The molecule has 1 heterocycles. The quantitative estimate of drug-likeness (QED) is 0.328. The Labute approximate surface area is 228 Å². The van der Waals surface area contributed by atoms with Gasteiger partial charge in [0.15, 0.2) is 0 Å². The molecule has 0 amide bonds. The van der Waals surface area contributed by atoms with E-state index >= 15 is 0 Å². The summed E-state index contributed by atoms with van der Waals surface area (Å²) in [4.78, 5) is 37.2. The molecule has 0 bridgehead atoms. The van der Waals surface area contributed by atoms with Crippen LogP contribution in [0.5, 0.6) is 0 Å². The molecule has 4 aliphatic carbocycles. The van der Waals surface area contributed by atoms with Gasteiger partial charge in [0.25, 0.3) is 0 Å². The van der Waals surface area contributed by atoms with Gasteiger partial charge in [0, 0.05) is 18.3 Å². The van der Waals surface area contributed by atoms with Gasteiger partial charge < -0.3 is 14.6 Å². The highest BCUT2D eigenvalue weighted by Gasteiger charge is 2.71. The first-order chi connectivity index (χ1) is 17.4. The van der Waals surface area contributed by atoms with Gasteiger partial charge in [-0.1, -0.05) is 40.2 Å². The average molecular weight is 529 g/mol. The van der Waals surface area contributed by atoms with Crippen LogP contribution in [0.3, 0.4) is 0 Å². The third kappa shape index (κ3) is 3.67. The van der Waals surface area contributed by atoms with Gasteiger partial charge in [-0.25, -0.2) is 0 Å². The van der Waals surface area contributed by atoms with E-state index < -0.39 is 16.8 Å². The van der Waals surface area contributed by atoms with E-state index in [0.29, 0.717) is 12.5 Å². The maximum Gasteiger partial charge on any atom is 0.309 e. The number of carbonyl (C=O) groups excluding carboxylic acids is 2. The SMILES string of the molecule is CC(=O)OC[C@]1(C)CC[C@]2(C)CC[C@]3(C)C(=C[C@H]4OC(=O)C[C@]5(C)[C@@H]4[C@@]3(C)CC[C@H]5C(C)(C)C(=O)O)[C@@H]2C1. The zero-order chi connectivity index (χ0) is 28.1. The topological polar surface area (TPSA) is 89.9 Å². The molecule has 0 aromatic carbocycles. The molecular formula is C32H48O6. The first-order valence-electron chi connectivity index (χ1n) is 14.7. The highest BCUT2D eigenvalue weighted by molar-refractivity contribution is 5.76. The van der Waals surface area contributed by atoms with E-state index in [2.05, 4.69) is 40.7 Å². The molecule has 9 atom stereocenters. The first-order valence-corrected chi connectivity index (χ1v) is 14.7. The largest absolute Gasteiger partial charge is 0.481 e. The van der Waals surface area contributed by atoms with E-state index in [1.807, 2.05) is 13.8 Å². The van der Waals surface area contributed by atoms with Gasteiger partial charge >= 0.3 is 17.9 Å². The molecule has 1 saturated heterocycles. The van der Waals surface area contributed by atoms with Crippen molar-refractivity contribution in [2.24, 2.45) is 50.2 Å². The monoisotopic (exact) mass is 528 g/mol. The molecule has 0 unspecified atom stereocenters. The summed E-state index contributed by atoms with van der Waals surface area (Å²) in [7, 11) is 0. The van der Waals surface area contributed by atoms with Crippen LogP contribution in [0, 0.1) is 50.2 Å². The van der Waals surface area contributed by atoms with E-state index in [4.69, 9.17) is 9.47 Å². The average Bonchev–Trinajstić information content (AvgIpc) is 2.79. The van der Waals surface area contributed by atoms with Crippen molar-refractivity contribution >= 4 is 17.9 Å². The summed E-state index contributed by atoms with van der Waals surface area (Å²) < 4.78 is 11.7. The third-order valence-electron chi connectivity index (χ3n) is 13.0. The van der Waals surface area contributed by atoms with Crippen molar-refractivity contribution in [2.45, 2.75) is 113 Å². The highest BCUT2D eigenvalue weighted by atomic mass is 16.5. The van der Waals surface area contributed by atoms with E-state index in [-0.39, 0.29) is 58.0 Å². The second-order valence-electron chi connectivity index (χ2n) is 15.6. The normalized spacial score (nSPS) is 48.0. The number of aliphatic carboxylic acids is 1. The molecule has 0 aromatic rings. The number of esters is 2. The van der Waals surface area contributed by atoms with Crippen molar-refractivity contribution in [2.75, 3.05) is 6.61 Å². The summed E-state index contributed by atoms with van der Waals surface area (Å²) in [5.41, 5.74) is 0.0152. The van der Waals surface area contributed by atoms with Gasteiger partial charge in [0.05, 0.1) is 18.4 Å². The Morgan fingerprint density at radius 3 is 2.37 bits per heavy atom. The molecule has 1 aliphatic heterocycles. The number of rotatable bonds is 4. The van der Waals surface area contributed by atoms with Crippen molar-refractivity contribution in [3.05, 3.63) is 11.6 Å². The number of ether oxygens (including phenoxy) is 2. The lowest BCUT2D eigenvalue weighted by Crippen LogP contribution is -2.68. The van der Waals surface area contributed by atoms with E-state index in [9.17, 15) is 19.5 Å². The van der Waals surface area contributed by atoms with Crippen molar-refractivity contribution in [3.8, 4) is 0 Å². The number of carboxylic acids is 1. The van der Waals surface area contributed by atoms with Crippen molar-refractivity contribution < 1.29 is 29.0 Å². The van der Waals surface area contributed by atoms with Gasteiger partial charge in [-0.3, -0.25) is 14.4 Å². The van der Waals surface area contributed by atoms with Gasteiger partial charge in [0.2, 0.25) is 0 Å².